The van der Waals surface area contributed by atoms with Gasteiger partial charge in [-0.1, -0.05) is 0 Å². The number of aromatic nitrogens is 3. The van der Waals surface area contributed by atoms with E-state index in [2.05, 4.69) is 19.7 Å². The maximum atomic E-state index is 11.0. The minimum atomic E-state index is -1.03. The van der Waals surface area contributed by atoms with Crippen molar-refractivity contribution in [2.24, 2.45) is 0 Å². The summed E-state index contributed by atoms with van der Waals surface area (Å²) in [5.74, 6) is -0.374. The van der Waals surface area contributed by atoms with Crippen molar-refractivity contribution in [2.45, 2.75) is 13.8 Å². The number of nitrogens with one attached hydrogen (secondary N) is 1. The lowest BCUT2D eigenvalue weighted by Crippen LogP contribution is -2.04. The molecule has 0 saturated carbocycles. The van der Waals surface area contributed by atoms with Gasteiger partial charge in [-0.3, -0.25) is 4.98 Å². The van der Waals surface area contributed by atoms with Crippen molar-refractivity contribution in [2.75, 3.05) is 5.32 Å². The predicted molar refractivity (Wildman–Crippen MR) is 63.9 cm³/mol. The van der Waals surface area contributed by atoms with E-state index in [1.54, 1.807) is 19.9 Å². The average Bonchev–Trinajstić information content (AvgIpc) is 2.63. The van der Waals surface area contributed by atoms with E-state index in [-0.39, 0.29) is 5.56 Å². The van der Waals surface area contributed by atoms with E-state index in [0.717, 1.165) is 5.69 Å². The molecular formula is C10H10N4O2S. The van der Waals surface area contributed by atoms with Gasteiger partial charge in [-0.2, -0.15) is 4.37 Å². The van der Waals surface area contributed by atoms with Crippen molar-refractivity contribution >= 4 is 28.3 Å². The Balaban J connectivity index is 2.37. The predicted octanol–water partition coefficient (Wildman–Crippen LogP) is 1.99. The molecule has 0 aromatic carbocycles. The largest absolute Gasteiger partial charge is 0.478 e. The molecule has 2 rings (SSSR count). The van der Waals surface area contributed by atoms with Crippen LogP contribution < -0.4 is 5.32 Å². The van der Waals surface area contributed by atoms with Crippen molar-refractivity contribution in [1.82, 2.24) is 14.3 Å². The van der Waals surface area contributed by atoms with Crippen LogP contribution in [-0.4, -0.2) is 25.4 Å². The van der Waals surface area contributed by atoms with Crippen LogP contribution in [0.15, 0.2) is 12.3 Å². The molecule has 0 atom stereocenters. The fraction of sp³-hybridized carbons (Fsp3) is 0.200. The Kier molecular flexibility index (Phi) is 3.01. The summed E-state index contributed by atoms with van der Waals surface area (Å²) in [5.41, 5.74) is 1.32. The summed E-state index contributed by atoms with van der Waals surface area (Å²) in [7, 11) is 0. The number of aromatic carboxylic acids is 1. The second-order valence-corrected chi connectivity index (χ2v) is 4.20. The first-order chi connectivity index (χ1) is 8.06. The molecule has 0 saturated heterocycles. The van der Waals surface area contributed by atoms with Crippen LogP contribution in [0.5, 0.6) is 0 Å². The Hall–Kier alpha value is -2.02. The van der Waals surface area contributed by atoms with Crippen molar-refractivity contribution < 1.29 is 9.90 Å². The highest BCUT2D eigenvalue weighted by molar-refractivity contribution is 7.09. The monoisotopic (exact) mass is 250 g/mol. The lowest BCUT2D eigenvalue weighted by Gasteiger charge is -2.06. The van der Waals surface area contributed by atoms with Gasteiger partial charge in [-0.05, 0) is 19.9 Å². The number of carboxylic acids is 1. The Morgan fingerprint density at radius 3 is 2.82 bits per heavy atom. The molecule has 0 fully saturated rings. The van der Waals surface area contributed by atoms with Crippen LogP contribution in [0.1, 0.15) is 21.9 Å². The van der Waals surface area contributed by atoms with Crippen molar-refractivity contribution in [3.63, 3.8) is 0 Å². The van der Waals surface area contributed by atoms with Crippen molar-refractivity contribution in [3.05, 3.63) is 29.3 Å². The zero-order valence-corrected chi connectivity index (χ0v) is 10.1. The molecule has 0 bridgehead atoms. The summed E-state index contributed by atoms with van der Waals surface area (Å²) in [4.78, 5) is 19.1. The SMILES string of the molecule is Cc1cc(Nc2nc(C)ns2)c(C(=O)O)cn1. The number of nitrogens with zero attached hydrogens (tertiary/aromatic N) is 3. The van der Waals surface area contributed by atoms with E-state index in [1.165, 1.54) is 17.7 Å². The average molecular weight is 250 g/mol. The van der Waals surface area contributed by atoms with Gasteiger partial charge >= 0.3 is 5.97 Å². The summed E-state index contributed by atoms with van der Waals surface area (Å²) in [6.07, 6.45) is 1.33. The molecule has 17 heavy (non-hydrogen) atoms. The molecule has 0 aliphatic rings. The second-order valence-electron chi connectivity index (χ2n) is 3.45. The van der Waals surface area contributed by atoms with Crippen molar-refractivity contribution in [1.29, 1.82) is 0 Å². The molecule has 0 unspecified atom stereocenters. The number of carboxylic acid groups (broad SMARTS) is 1. The van der Waals surface area contributed by atoms with Gasteiger partial charge in [-0.15, -0.1) is 0 Å². The molecule has 2 aromatic heterocycles. The molecule has 0 amide bonds. The second kappa shape index (κ2) is 4.46. The lowest BCUT2D eigenvalue weighted by molar-refractivity contribution is 0.0697. The fourth-order valence-electron chi connectivity index (χ4n) is 1.30. The van der Waals surface area contributed by atoms with Gasteiger partial charge in [0, 0.05) is 23.4 Å². The van der Waals surface area contributed by atoms with Crippen LogP contribution in [0.4, 0.5) is 10.8 Å². The quantitative estimate of drug-likeness (QED) is 0.866. The van der Waals surface area contributed by atoms with E-state index in [4.69, 9.17) is 5.11 Å². The van der Waals surface area contributed by atoms with E-state index >= 15 is 0 Å². The fourth-order valence-corrected chi connectivity index (χ4v) is 1.88. The minimum absolute atomic E-state index is 0.114. The number of carbonyl (C=O) groups is 1. The standard InChI is InChI=1S/C10H10N4O2S/c1-5-3-8(7(4-11-5)9(15)16)13-10-12-6(2)14-17-10/h3-4H,1-2H3,(H,15,16)(H,11,12,13,14). The Bertz CT molecular complexity index is 567. The highest BCUT2D eigenvalue weighted by Gasteiger charge is 2.12. The summed E-state index contributed by atoms with van der Waals surface area (Å²) in [6.45, 7) is 3.57. The summed E-state index contributed by atoms with van der Waals surface area (Å²) < 4.78 is 4.01. The van der Waals surface area contributed by atoms with E-state index in [9.17, 15) is 4.79 Å². The topological polar surface area (TPSA) is 88.0 Å². The van der Waals surface area contributed by atoms with E-state index in [0.29, 0.717) is 16.6 Å². The molecule has 2 N–H and O–H groups in total. The number of hydrogen-bond donors (Lipinski definition) is 2. The van der Waals surface area contributed by atoms with Crippen LogP contribution in [-0.2, 0) is 0 Å². The molecular weight excluding hydrogens is 240 g/mol. The first-order valence-corrected chi connectivity index (χ1v) is 5.61. The van der Waals surface area contributed by atoms with Gasteiger partial charge in [0.1, 0.15) is 11.4 Å². The van der Waals surface area contributed by atoms with Gasteiger partial charge in [0.2, 0.25) is 5.13 Å². The molecule has 88 valence electrons. The molecule has 0 radical (unpaired) electrons. The van der Waals surface area contributed by atoms with Crippen LogP contribution >= 0.6 is 11.5 Å². The smallest absolute Gasteiger partial charge is 0.339 e. The Labute approximate surface area is 102 Å². The number of anilines is 2. The van der Waals surface area contributed by atoms with E-state index < -0.39 is 5.97 Å². The highest BCUT2D eigenvalue weighted by Crippen LogP contribution is 2.22. The molecule has 0 spiro atoms. The summed E-state index contributed by atoms with van der Waals surface area (Å²) in [5, 5.41) is 12.5. The van der Waals surface area contributed by atoms with Gasteiger partial charge in [0.25, 0.3) is 0 Å². The number of hydrogen-bond acceptors (Lipinski definition) is 6. The molecule has 2 heterocycles. The van der Waals surface area contributed by atoms with Gasteiger partial charge in [0.15, 0.2) is 0 Å². The summed E-state index contributed by atoms with van der Waals surface area (Å²) >= 11 is 1.19. The molecule has 0 aliphatic heterocycles. The van der Waals surface area contributed by atoms with Gasteiger partial charge in [-0.25, -0.2) is 9.78 Å². The maximum Gasteiger partial charge on any atom is 0.339 e. The Morgan fingerprint density at radius 2 is 2.24 bits per heavy atom. The molecule has 6 nitrogen and oxygen atoms in total. The first kappa shape index (κ1) is 11.5. The minimum Gasteiger partial charge on any atom is -0.478 e. The van der Waals surface area contributed by atoms with Crippen LogP contribution in [0, 0.1) is 13.8 Å². The van der Waals surface area contributed by atoms with Gasteiger partial charge in [0.05, 0.1) is 5.69 Å². The third-order valence-electron chi connectivity index (χ3n) is 2.04. The Morgan fingerprint density at radius 1 is 1.47 bits per heavy atom. The zero-order valence-electron chi connectivity index (χ0n) is 9.26. The zero-order chi connectivity index (χ0) is 12.4. The van der Waals surface area contributed by atoms with Crippen molar-refractivity contribution in [3.8, 4) is 0 Å². The number of aryl methyl sites for hydroxylation is 2. The number of pyridine rings is 1. The third kappa shape index (κ3) is 2.56. The third-order valence-corrected chi connectivity index (χ3v) is 2.76. The maximum absolute atomic E-state index is 11.0. The highest BCUT2D eigenvalue weighted by atomic mass is 32.1. The first-order valence-electron chi connectivity index (χ1n) is 4.83. The number of rotatable bonds is 3. The molecule has 2 aromatic rings. The molecule has 7 heteroatoms. The lowest BCUT2D eigenvalue weighted by atomic mass is 10.2. The summed E-state index contributed by atoms with van der Waals surface area (Å²) in [6, 6.07) is 1.67. The van der Waals surface area contributed by atoms with Crippen LogP contribution in [0.2, 0.25) is 0 Å². The van der Waals surface area contributed by atoms with Crippen LogP contribution in [0.25, 0.3) is 0 Å². The van der Waals surface area contributed by atoms with Gasteiger partial charge < -0.3 is 10.4 Å². The molecule has 0 aliphatic carbocycles. The normalized spacial score (nSPS) is 10.2. The van der Waals surface area contributed by atoms with Crippen LogP contribution in [0.3, 0.4) is 0 Å². The van der Waals surface area contributed by atoms with E-state index in [1.807, 2.05) is 0 Å².